The van der Waals surface area contributed by atoms with Crippen molar-refractivity contribution >= 4 is 41.8 Å². The van der Waals surface area contributed by atoms with E-state index < -0.39 is 0 Å². The molecule has 1 aromatic carbocycles. The molecule has 8 heteroatoms. The van der Waals surface area contributed by atoms with E-state index in [1.165, 1.54) is 20.0 Å². The smallest absolute Gasteiger partial charge is 0.337 e. The molecule has 0 bridgehead atoms. The van der Waals surface area contributed by atoms with Crippen LogP contribution in [0.1, 0.15) is 48.0 Å². The summed E-state index contributed by atoms with van der Waals surface area (Å²) in [5.41, 5.74) is 1.58. The molecule has 0 spiro atoms. The van der Waals surface area contributed by atoms with E-state index in [9.17, 15) is 9.59 Å². The number of likely N-dealkylation sites (tertiary alicyclic amines) is 1. The number of esters is 1. The van der Waals surface area contributed by atoms with Crippen molar-refractivity contribution in [3.63, 3.8) is 0 Å². The molecule has 1 saturated carbocycles. The maximum absolute atomic E-state index is 12.6. The summed E-state index contributed by atoms with van der Waals surface area (Å²) < 4.78 is 4.71. The number of rotatable bonds is 5. The van der Waals surface area contributed by atoms with E-state index in [1.54, 1.807) is 19.2 Å². The van der Waals surface area contributed by atoms with Crippen LogP contribution in [0.2, 0.25) is 0 Å². The maximum atomic E-state index is 12.6. The van der Waals surface area contributed by atoms with Crippen LogP contribution in [0.25, 0.3) is 0 Å². The van der Waals surface area contributed by atoms with Gasteiger partial charge >= 0.3 is 5.97 Å². The Labute approximate surface area is 189 Å². The average molecular weight is 514 g/mol. The van der Waals surface area contributed by atoms with Crippen molar-refractivity contribution in [3.05, 3.63) is 35.4 Å². The van der Waals surface area contributed by atoms with E-state index in [2.05, 4.69) is 15.6 Å². The van der Waals surface area contributed by atoms with Gasteiger partial charge in [-0.1, -0.05) is 25.0 Å². The van der Waals surface area contributed by atoms with Gasteiger partial charge in [-0.15, -0.1) is 24.0 Å². The van der Waals surface area contributed by atoms with Crippen molar-refractivity contribution < 1.29 is 14.3 Å². The normalized spacial score (nSPS) is 19.6. The molecular weight excluding hydrogens is 483 g/mol. The Bertz CT molecular complexity index is 717. The molecule has 29 heavy (non-hydrogen) atoms. The van der Waals surface area contributed by atoms with E-state index in [-0.39, 0.29) is 41.9 Å². The van der Waals surface area contributed by atoms with Crippen LogP contribution in [0, 0.1) is 5.92 Å². The van der Waals surface area contributed by atoms with Gasteiger partial charge in [-0.2, -0.15) is 0 Å². The summed E-state index contributed by atoms with van der Waals surface area (Å²) in [4.78, 5) is 30.4. The number of nitrogens with one attached hydrogen (secondary N) is 2. The number of carbonyl (C=O) groups excluding carboxylic acids is 2. The van der Waals surface area contributed by atoms with Crippen molar-refractivity contribution in [2.45, 2.75) is 44.7 Å². The largest absolute Gasteiger partial charge is 0.465 e. The second-order valence-electron chi connectivity index (χ2n) is 7.51. The fraction of sp³-hybridized carbons (Fsp3) is 0.571. The summed E-state index contributed by atoms with van der Waals surface area (Å²) in [6.45, 7) is 2.15. The summed E-state index contributed by atoms with van der Waals surface area (Å²) in [5, 5.41) is 6.71. The first-order valence-corrected chi connectivity index (χ1v) is 10.0. The predicted octanol–water partition coefficient (Wildman–Crippen LogP) is 2.55. The number of ether oxygens (including phenoxy) is 1. The van der Waals surface area contributed by atoms with Crippen LogP contribution in [0.15, 0.2) is 29.3 Å². The third-order valence-corrected chi connectivity index (χ3v) is 5.60. The molecule has 1 aliphatic carbocycles. The predicted molar refractivity (Wildman–Crippen MR) is 123 cm³/mol. The number of halogens is 1. The lowest BCUT2D eigenvalue weighted by atomic mass is 10.1. The molecule has 0 aromatic heterocycles. The zero-order valence-corrected chi connectivity index (χ0v) is 19.5. The lowest BCUT2D eigenvalue weighted by Crippen LogP contribution is -2.45. The summed E-state index contributed by atoms with van der Waals surface area (Å²) in [6, 6.07) is 7.51. The Morgan fingerprint density at radius 2 is 1.86 bits per heavy atom. The summed E-state index contributed by atoms with van der Waals surface area (Å²) in [5.74, 6) is 0.951. The minimum Gasteiger partial charge on any atom is -0.465 e. The molecule has 1 amide bonds. The first-order valence-electron chi connectivity index (χ1n) is 10.0. The minimum atomic E-state index is -0.338. The molecule has 1 aromatic rings. The van der Waals surface area contributed by atoms with Gasteiger partial charge in [0, 0.05) is 38.6 Å². The molecule has 3 rings (SSSR count). The number of hydrogen-bond acceptors (Lipinski definition) is 4. The second-order valence-corrected chi connectivity index (χ2v) is 7.51. The van der Waals surface area contributed by atoms with Crippen LogP contribution >= 0.6 is 24.0 Å². The second kappa shape index (κ2) is 11.4. The molecule has 1 aliphatic heterocycles. The van der Waals surface area contributed by atoms with Gasteiger partial charge in [-0.25, -0.2) is 4.79 Å². The highest BCUT2D eigenvalue weighted by atomic mass is 127. The summed E-state index contributed by atoms with van der Waals surface area (Å²) in [6.07, 6.45) is 5.40. The van der Waals surface area contributed by atoms with E-state index >= 15 is 0 Å². The number of benzene rings is 1. The number of guanidine groups is 1. The van der Waals surface area contributed by atoms with Gasteiger partial charge in [0.2, 0.25) is 5.91 Å². The molecule has 1 heterocycles. The Morgan fingerprint density at radius 1 is 1.17 bits per heavy atom. The van der Waals surface area contributed by atoms with Crippen molar-refractivity contribution in [2.24, 2.45) is 10.9 Å². The molecule has 7 nitrogen and oxygen atoms in total. The SMILES string of the molecule is CN=C(NCc1ccc(C(=O)OC)cc1)NC1CCN(C(=O)C2CCCC2)C1.I. The number of methoxy groups -OCH3 is 1. The minimum absolute atomic E-state index is 0. The number of aliphatic imine (C=N–C) groups is 1. The Hall–Kier alpha value is -1.84. The van der Waals surface area contributed by atoms with Crippen LogP contribution in [0.3, 0.4) is 0 Å². The molecule has 2 N–H and O–H groups in total. The van der Waals surface area contributed by atoms with Gasteiger partial charge in [0.15, 0.2) is 5.96 Å². The Morgan fingerprint density at radius 3 is 2.48 bits per heavy atom. The van der Waals surface area contributed by atoms with Crippen molar-refractivity contribution in [1.82, 2.24) is 15.5 Å². The summed E-state index contributed by atoms with van der Waals surface area (Å²) >= 11 is 0. The number of nitrogens with zero attached hydrogens (tertiary/aromatic N) is 2. The van der Waals surface area contributed by atoms with E-state index in [0.717, 1.165) is 43.9 Å². The molecule has 1 unspecified atom stereocenters. The number of carbonyl (C=O) groups is 2. The van der Waals surface area contributed by atoms with Crippen LogP contribution in [0.5, 0.6) is 0 Å². The Balaban J connectivity index is 0.00000300. The van der Waals surface area contributed by atoms with Crippen molar-refractivity contribution in [1.29, 1.82) is 0 Å². The van der Waals surface area contributed by atoms with Crippen molar-refractivity contribution in [3.8, 4) is 0 Å². The highest BCUT2D eigenvalue weighted by Crippen LogP contribution is 2.27. The van der Waals surface area contributed by atoms with Gasteiger partial charge < -0.3 is 20.3 Å². The fourth-order valence-corrected chi connectivity index (χ4v) is 3.96. The molecule has 2 aliphatic rings. The third-order valence-electron chi connectivity index (χ3n) is 5.60. The molecule has 160 valence electrons. The molecule has 1 atom stereocenters. The zero-order valence-electron chi connectivity index (χ0n) is 17.1. The van der Waals surface area contributed by atoms with Gasteiger partial charge in [0.05, 0.1) is 12.7 Å². The topological polar surface area (TPSA) is 83.0 Å². The highest BCUT2D eigenvalue weighted by Gasteiger charge is 2.32. The van der Waals surface area contributed by atoms with Gasteiger partial charge in [0.25, 0.3) is 0 Å². The Kier molecular flexibility index (Phi) is 9.19. The van der Waals surface area contributed by atoms with E-state index in [0.29, 0.717) is 18.0 Å². The molecule has 1 saturated heterocycles. The van der Waals surface area contributed by atoms with Crippen LogP contribution in [0.4, 0.5) is 0 Å². The lowest BCUT2D eigenvalue weighted by molar-refractivity contribution is -0.134. The van der Waals surface area contributed by atoms with Crippen LogP contribution in [-0.2, 0) is 16.1 Å². The van der Waals surface area contributed by atoms with Crippen LogP contribution < -0.4 is 10.6 Å². The quantitative estimate of drug-likeness (QED) is 0.273. The zero-order chi connectivity index (χ0) is 19.9. The molecule has 2 fully saturated rings. The number of amides is 1. The van der Waals surface area contributed by atoms with E-state index in [1.807, 2.05) is 17.0 Å². The molecule has 0 radical (unpaired) electrons. The highest BCUT2D eigenvalue weighted by molar-refractivity contribution is 14.0. The van der Waals surface area contributed by atoms with E-state index in [4.69, 9.17) is 4.74 Å². The number of hydrogen-bond donors (Lipinski definition) is 2. The van der Waals surface area contributed by atoms with Gasteiger partial charge in [-0.05, 0) is 37.0 Å². The standard InChI is InChI=1S/C21H30N4O3.HI/c1-22-21(23-13-15-7-9-17(10-8-15)20(27)28-2)24-18-11-12-25(14-18)19(26)16-5-3-4-6-16;/h7-10,16,18H,3-6,11-14H2,1-2H3,(H2,22,23,24);1H. The molecular formula is C21H31IN4O3. The average Bonchev–Trinajstić information content (AvgIpc) is 3.42. The van der Waals surface area contributed by atoms with Crippen molar-refractivity contribution in [2.75, 3.05) is 27.2 Å². The third kappa shape index (κ3) is 6.32. The fourth-order valence-electron chi connectivity index (χ4n) is 3.96. The van der Waals surface area contributed by atoms with Crippen LogP contribution in [-0.4, -0.2) is 56.0 Å². The van der Waals surface area contributed by atoms with Gasteiger partial charge in [-0.3, -0.25) is 9.79 Å². The maximum Gasteiger partial charge on any atom is 0.337 e. The first-order chi connectivity index (χ1) is 13.6. The lowest BCUT2D eigenvalue weighted by Gasteiger charge is -2.21. The monoisotopic (exact) mass is 514 g/mol. The summed E-state index contributed by atoms with van der Waals surface area (Å²) in [7, 11) is 3.12. The van der Waals surface area contributed by atoms with Gasteiger partial charge in [0.1, 0.15) is 0 Å². The first kappa shape index (κ1) is 23.4.